The summed E-state index contributed by atoms with van der Waals surface area (Å²) in [5, 5.41) is 11.0. The lowest BCUT2D eigenvalue weighted by Gasteiger charge is -2.24. The zero-order valence-corrected chi connectivity index (χ0v) is 13.9. The number of carbonyl (C=O) groups is 2. The van der Waals surface area contributed by atoms with E-state index >= 15 is 0 Å². The number of nitro groups is 1. The van der Waals surface area contributed by atoms with Crippen LogP contribution in [0.4, 0.5) is 24.5 Å². The van der Waals surface area contributed by atoms with Crippen LogP contribution in [0, 0.1) is 10.1 Å². The van der Waals surface area contributed by atoms with Crippen LogP contribution in [0.25, 0.3) is 0 Å². The molecule has 0 radical (unpaired) electrons. The number of esters is 1. The van der Waals surface area contributed by atoms with Gasteiger partial charge in [-0.3, -0.25) is 25.8 Å². The van der Waals surface area contributed by atoms with Crippen LogP contribution >= 0.6 is 0 Å². The molecule has 1 heterocycles. The van der Waals surface area contributed by atoms with E-state index in [1.807, 2.05) is 0 Å². The van der Waals surface area contributed by atoms with Crippen LogP contribution in [0.1, 0.15) is 21.5 Å². The van der Waals surface area contributed by atoms with E-state index < -0.39 is 40.3 Å². The largest absolute Gasteiger partial charge is 0.448 e. The minimum Gasteiger partial charge on any atom is -0.448 e. The molecule has 11 heteroatoms. The molecule has 146 valence electrons. The fourth-order valence-corrected chi connectivity index (χ4v) is 2.65. The monoisotopic (exact) mass is 395 g/mol. The van der Waals surface area contributed by atoms with Crippen LogP contribution in [-0.4, -0.2) is 22.9 Å². The Labute approximate surface area is 155 Å². The van der Waals surface area contributed by atoms with Crippen molar-refractivity contribution in [3.8, 4) is 0 Å². The molecular weight excluding hydrogens is 383 g/mol. The molecule has 1 atom stereocenters. The normalized spacial score (nSPS) is 16.0. The number of amides is 1. The first-order chi connectivity index (χ1) is 13.2. The molecule has 2 aromatic carbocycles. The first kappa shape index (κ1) is 19.1. The number of ether oxygens (including phenoxy) is 1. The van der Waals surface area contributed by atoms with Gasteiger partial charge < -0.3 is 4.74 Å². The van der Waals surface area contributed by atoms with Gasteiger partial charge in [0, 0.05) is 12.5 Å². The predicted molar refractivity (Wildman–Crippen MR) is 89.2 cm³/mol. The van der Waals surface area contributed by atoms with Crippen molar-refractivity contribution >= 4 is 23.3 Å². The lowest BCUT2D eigenvalue weighted by Crippen LogP contribution is -2.44. The number of fused-ring (bicyclic) bond motifs is 1. The standard InChI is InChI=1S/C17H12F3N3O5/c18-17(19,20)10-5-6-12(13(8-10)23(26)27)21-22-15(24)14-7-9-3-1-2-4-11(9)16(25)28-14/h1-6,8,14,21H,7H2,(H,22,24). The Hall–Kier alpha value is -3.63. The van der Waals surface area contributed by atoms with E-state index in [0.717, 1.165) is 6.07 Å². The minimum absolute atomic E-state index is 0.0878. The molecule has 2 aromatic rings. The smallest absolute Gasteiger partial charge is 0.416 e. The van der Waals surface area contributed by atoms with Crippen molar-refractivity contribution in [3.05, 3.63) is 69.3 Å². The molecule has 0 saturated heterocycles. The average Bonchev–Trinajstić information content (AvgIpc) is 2.65. The molecular formula is C17H12F3N3O5. The topological polar surface area (TPSA) is 111 Å². The summed E-state index contributed by atoms with van der Waals surface area (Å²) in [6.07, 6.45) is -5.86. The highest BCUT2D eigenvalue weighted by Gasteiger charge is 2.34. The number of benzene rings is 2. The maximum atomic E-state index is 12.7. The second kappa shape index (κ2) is 7.18. The van der Waals surface area contributed by atoms with E-state index in [4.69, 9.17) is 4.74 Å². The number of cyclic esters (lactones) is 1. The molecule has 1 aliphatic heterocycles. The number of nitrogens with zero attached hydrogens (tertiary/aromatic N) is 1. The molecule has 2 N–H and O–H groups in total. The number of nitro benzene ring substituents is 1. The lowest BCUT2D eigenvalue weighted by atomic mass is 9.98. The number of nitrogens with one attached hydrogen (secondary N) is 2. The van der Waals surface area contributed by atoms with Gasteiger partial charge >= 0.3 is 12.1 Å². The van der Waals surface area contributed by atoms with E-state index in [9.17, 15) is 32.9 Å². The molecule has 3 rings (SSSR count). The zero-order valence-electron chi connectivity index (χ0n) is 13.9. The second-order valence-corrected chi connectivity index (χ2v) is 5.86. The highest BCUT2D eigenvalue weighted by Crippen LogP contribution is 2.34. The van der Waals surface area contributed by atoms with Crippen molar-refractivity contribution in [2.45, 2.75) is 18.7 Å². The minimum atomic E-state index is -4.75. The Kier molecular flexibility index (Phi) is 4.91. The Morgan fingerprint density at radius 1 is 1.21 bits per heavy atom. The van der Waals surface area contributed by atoms with Crippen LogP contribution in [0.5, 0.6) is 0 Å². The van der Waals surface area contributed by atoms with Gasteiger partial charge in [0.05, 0.1) is 16.1 Å². The molecule has 0 fully saturated rings. The van der Waals surface area contributed by atoms with Crippen molar-refractivity contribution in [1.29, 1.82) is 0 Å². The van der Waals surface area contributed by atoms with E-state index in [0.29, 0.717) is 23.3 Å². The number of hydrogen-bond donors (Lipinski definition) is 2. The number of alkyl halides is 3. The summed E-state index contributed by atoms with van der Waals surface area (Å²) in [5.74, 6) is -1.50. The van der Waals surface area contributed by atoms with Crippen LogP contribution < -0.4 is 10.9 Å². The third-order valence-electron chi connectivity index (χ3n) is 4.03. The van der Waals surface area contributed by atoms with Crippen LogP contribution in [-0.2, 0) is 22.1 Å². The van der Waals surface area contributed by atoms with Gasteiger partial charge in [-0.05, 0) is 23.8 Å². The van der Waals surface area contributed by atoms with E-state index in [1.54, 1.807) is 24.3 Å². The van der Waals surface area contributed by atoms with Crippen LogP contribution in [0.15, 0.2) is 42.5 Å². The number of halogens is 3. The molecule has 0 saturated carbocycles. The maximum Gasteiger partial charge on any atom is 0.416 e. The third kappa shape index (κ3) is 3.87. The van der Waals surface area contributed by atoms with Crippen molar-refractivity contribution in [2.24, 2.45) is 0 Å². The maximum absolute atomic E-state index is 12.7. The quantitative estimate of drug-likeness (QED) is 0.468. The van der Waals surface area contributed by atoms with Crippen LogP contribution in [0.2, 0.25) is 0 Å². The molecule has 0 spiro atoms. The molecule has 1 amide bonds. The Morgan fingerprint density at radius 3 is 2.61 bits per heavy atom. The average molecular weight is 395 g/mol. The van der Waals surface area contributed by atoms with Gasteiger partial charge in [0.15, 0.2) is 6.10 Å². The highest BCUT2D eigenvalue weighted by molar-refractivity contribution is 5.96. The highest BCUT2D eigenvalue weighted by atomic mass is 19.4. The van der Waals surface area contributed by atoms with Gasteiger partial charge in [0.1, 0.15) is 5.69 Å². The Balaban J connectivity index is 1.73. The van der Waals surface area contributed by atoms with Gasteiger partial charge in [0.25, 0.3) is 11.6 Å². The summed E-state index contributed by atoms with van der Waals surface area (Å²) in [6, 6.07) is 8.36. The number of anilines is 1. The van der Waals surface area contributed by atoms with Crippen molar-refractivity contribution in [3.63, 3.8) is 0 Å². The van der Waals surface area contributed by atoms with E-state index in [-0.39, 0.29) is 12.1 Å². The first-order valence-electron chi connectivity index (χ1n) is 7.87. The fraction of sp³-hybridized carbons (Fsp3) is 0.176. The summed E-state index contributed by atoms with van der Waals surface area (Å²) in [4.78, 5) is 34.2. The van der Waals surface area contributed by atoms with Gasteiger partial charge in [-0.25, -0.2) is 4.79 Å². The second-order valence-electron chi connectivity index (χ2n) is 5.86. The molecule has 8 nitrogen and oxygen atoms in total. The SMILES string of the molecule is O=C1OC(C(=O)NNc2ccc(C(F)(F)F)cc2[N+](=O)[O-])Cc2ccccc21. The Morgan fingerprint density at radius 2 is 1.93 bits per heavy atom. The summed E-state index contributed by atoms with van der Waals surface area (Å²) < 4.78 is 43.2. The molecule has 0 bridgehead atoms. The van der Waals surface area contributed by atoms with Gasteiger partial charge in [0.2, 0.25) is 0 Å². The van der Waals surface area contributed by atoms with E-state index in [1.165, 1.54) is 0 Å². The summed E-state index contributed by atoms with van der Waals surface area (Å²) in [7, 11) is 0. The number of hydrazine groups is 1. The third-order valence-corrected chi connectivity index (χ3v) is 4.03. The molecule has 1 aliphatic rings. The van der Waals surface area contributed by atoms with Gasteiger partial charge in [-0.1, -0.05) is 18.2 Å². The number of hydrogen-bond acceptors (Lipinski definition) is 6. The van der Waals surface area contributed by atoms with Gasteiger partial charge in [-0.15, -0.1) is 0 Å². The Bertz CT molecular complexity index is 961. The van der Waals surface area contributed by atoms with Gasteiger partial charge in [-0.2, -0.15) is 13.2 Å². The van der Waals surface area contributed by atoms with Crippen molar-refractivity contribution in [1.82, 2.24) is 5.43 Å². The molecule has 1 unspecified atom stereocenters. The predicted octanol–water partition coefficient (Wildman–Crippen LogP) is 2.84. The molecule has 0 aliphatic carbocycles. The summed E-state index contributed by atoms with van der Waals surface area (Å²) in [5.41, 5.74) is 2.83. The van der Waals surface area contributed by atoms with Crippen molar-refractivity contribution in [2.75, 3.05) is 5.43 Å². The van der Waals surface area contributed by atoms with Crippen molar-refractivity contribution < 1.29 is 32.4 Å². The first-order valence-corrected chi connectivity index (χ1v) is 7.87. The number of carbonyl (C=O) groups excluding carboxylic acids is 2. The summed E-state index contributed by atoms with van der Waals surface area (Å²) in [6.45, 7) is 0. The zero-order chi connectivity index (χ0) is 20.5. The molecule has 0 aromatic heterocycles. The van der Waals surface area contributed by atoms with E-state index in [2.05, 4.69) is 10.9 Å². The molecule has 28 heavy (non-hydrogen) atoms. The fourth-order valence-electron chi connectivity index (χ4n) is 2.65. The van der Waals surface area contributed by atoms with Crippen LogP contribution in [0.3, 0.4) is 0 Å². The lowest BCUT2D eigenvalue weighted by molar-refractivity contribution is -0.384. The number of rotatable bonds is 4. The summed E-state index contributed by atoms with van der Waals surface area (Å²) >= 11 is 0.